The van der Waals surface area contributed by atoms with Crippen LogP contribution in [0.4, 0.5) is 4.39 Å². The van der Waals surface area contributed by atoms with Crippen LogP contribution in [0.3, 0.4) is 0 Å². The van der Waals surface area contributed by atoms with Crippen molar-refractivity contribution < 1.29 is 9.18 Å². The molecule has 2 fully saturated rings. The van der Waals surface area contributed by atoms with Crippen LogP contribution >= 0.6 is 0 Å². The number of likely N-dealkylation sites (tertiary alicyclic amines) is 1. The Labute approximate surface area is 150 Å². The molecule has 0 radical (unpaired) electrons. The fraction of sp³-hybridized carbons (Fsp3) is 0.650. The number of piperidine rings is 2. The van der Waals surface area contributed by atoms with Gasteiger partial charge in [-0.1, -0.05) is 12.1 Å². The normalized spacial score (nSPS) is 22.4. The highest BCUT2D eigenvalue weighted by Crippen LogP contribution is 2.21. The van der Waals surface area contributed by atoms with Crippen LogP contribution in [0.2, 0.25) is 0 Å². The minimum absolute atomic E-state index is 0.190. The molecule has 1 N–H and O–H groups in total. The van der Waals surface area contributed by atoms with Crippen molar-refractivity contribution in [1.82, 2.24) is 15.1 Å². The SMILES string of the molecule is CN(CC(=O)N1CCC[C@@H](Cc2ccc(F)cc2)C1)C1CCNCC1. The first-order chi connectivity index (χ1) is 12.1. The first-order valence-electron chi connectivity index (χ1n) is 9.55. The third-order valence-electron chi connectivity index (χ3n) is 5.63. The van der Waals surface area contributed by atoms with Gasteiger partial charge in [-0.3, -0.25) is 9.69 Å². The molecule has 2 aliphatic heterocycles. The van der Waals surface area contributed by atoms with Gasteiger partial charge >= 0.3 is 0 Å². The van der Waals surface area contributed by atoms with E-state index in [1.54, 1.807) is 0 Å². The van der Waals surface area contributed by atoms with E-state index in [4.69, 9.17) is 0 Å². The molecular formula is C20H30FN3O. The number of hydrogen-bond donors (Lipinski definition) is 1. The Morgan fingerprint density at radius 1 is 1.24 bits per heavy atom. The molecule has 4 nitrogen and oxygen atoms in total. The van der Waals surface area contributed by atoms with E-state index in [9.17, 15) is 9.18 Å². The van der Waals surface area contributed by atoms with Gasteiger partial charge in [-0.15, -0.1) is 0 Å². The first kappa shape index (κ1) is 18.3. The summed E-state index contributed by atoms with van der Waals surface area (Å²) in [5.41, 5.74) is 1.16. The Bertz CT molecular complexity index is 557. The number of nitrogens with one attached hydrogen (secondary N) is 1. The highest BCUT2D eigenvalue weighted by Gasteiger charge is 2.26. The average Bonchev–Trinajstić information content (AvgIpc) is 2.64. The molecule has 0 saturated carbocycles. The molecule has 2 heterocycles. The van der Waals surface area contributed by atoms with Gasteiger partial charge < -0.3 is 10.2 Å². The van der Waals surface area contributed by atoms with Gasteiger partial charge in [0.05, 0.1) is 6.54 Å². The Kier molecular flexibility index (Phi) is 6.43. The van der Waals surface area contributed by atoms with Gasteiger partial charge in [-0.05, 0) is 75.9 Å². The Hall–Kier alpha value is -1.46. The predicted octanol–water partition coefficient (Wildman–Crippen LogP) is 2.29. The molecule has 1 amide bonds. The Morgan fingerprint density at radius 3 is 2.68 bits per heavy atom. The van der Waals surface area contributed by atoms with Crippen molar-refractivity contribution in [3.05, 3.63) is 35.6 Å². The maximum atomic E-state index is 13.0. The van der Waals surface area contributed by atoms with Crippen LogP contribution in [-0.4, -0.2) is 61.5 Å². The average molecular weight is 347 g/mol. The van der Waals surface area contributed by atoms with Crippen LogP contribution in [0.25, 0.3) is 0 Å². The molecule has 0 unspecified atom stereocenters. The highest BCUT2D eigenvalue weighted by molar-refractivity contribution is 5.78. The second-order valence-corrected chi connectivity index (χ2v) is 7.57. The fourth-order valence-corrected chi connectivity index (χ4v) is 4.10. The van der Waals surface area contributed by atoms with Crippen LogP contribution in [0.15, 0.2) is 24.3 Å². The number of benzene rings is 1. The van der Waals surface area contributed by atoms with Gasteiger partial charge in [0, 0.05) is 19.1 Å². The molecule has 2 aliphatic rings. The largest absolute Gasteiger partial charge is 0.341 e. The second kappa shape index (κ2) is 8.77. The van der Waals surface area contributed by atoms with E-state index in [0.717, 1.165) is 63.8 Å². The van der Waals surface area contributed by atoms with Gasteiger partial charge in [-0.25, -0.2) is 4.39 Å². The predicted molar refractivity (Wildman–Crippen MR) is 97.9 cm³/mol. The van der Waals surface area contributed by atoms with Gasteiger partial charge in [0.25, 0.3) is 0 Å². The minimum Gasteiger partial charge on any atom is -0.341 e. The number of carbonyl (C=O) groups excluding carboxylic acids is 1. The lowest BCUT2D eigenvalue weighted by Gasteiger charge is -2.36. The molecule has 25 heavy (non-hydrogen) atoms. The monoisotopic (exact) mass is 347 g/mol. The number of halogens is 1. The maximum absolute atomic E-state index is 13.0. The summed E-state index contributed by atoms with van der Waals surface area (Å²) in [6.45, 7) is 4.32. The summed E-state index contributed by atoms with van der Waals surface area (Å²) in [6, 6.07) is 7.29. The summed E-state index contributed by atoms with van der Waals surface area (Å²) in [7, 11) is 2.08. The lowest BCUT2D eigenvalue weighted by molar-refractivity contribution is -0.134. The third kappa shape index (κ3) is 5.25. The summed E-state index contributed by atoms with van der Waals surface area (Å²) in [4.78, 5) is 17.0. The topological polar surface area (TPSA) is 35.6 Å². The maximum Gasteiger partial charge on any atom is 0.236 e. The Balaban J connectivity index is 1.49. The summed E-state index contributed by atoms with van der Waals surface area (Å²) in [5, 5.41) is 3.37. The molecular weight excluding hydrogens is 317 g/mol. The number of rotatable bonds is 5. The molecule has 2 saturated heterocycles. The van der Waals surface area contributed by atoms with Crippen molar-refractivity contribution in [2.75, 3.05) is 39.8 Å². The van der Waals surface area contributed by atoms with E-state index in [1.165, 1.54) is 12.1 Å². The van der Waals surface area contributed by atoms with E-state index < -0.39 is 0 Å². The first-order valence-corrected chi connectivity index (χ1v) is 9.55. The standard InChI is InChI=1S/C20H30FN3O/c1-23(19-8-10-22-11-9-19)15-20(25)24-12-2-3-17(14-24)13-16-4-6-18(21)7-5-16/h4-7,17,19,22H,2-3,8-15H2,1H3/t17-/m0/s1. The van der Waals surface area contributed by atoms with Crippen molar-refractivity contribution >= 4 is 5.91 Å². The highest BCUT2D eigenvalue weighted by atomic mass is 19.1. The number of nitrogens with zero attached hydrogens (tertiary/aromatic N) is 2. The van der Waals surface area contributed by atoms with E-state index in [2.05, 4.69) is 17.3 Å². The lowest BCUT2D eigenvalue weighted by atomic mass is 9.91. The van der Waals surface area contributed by atoms with E-state index in [1.807, 2.05) is 17.0 Å². The van der Waals surface area contributed by atoms with Crippen LogP contribution in [0.5, 0.6) is 0 Å². The van der Waals surface area contributed by atoms with Gasteiger partial charge in [-0.2, -0.15) is 0 Å². The third-order valence-corrected chi connectivity index (χ3v) is 5.63. The minimum atomic E-state index is -0.190. The van der Waals surface area contributed by atoms with Crippen molar-refractivity contribution in [1.29, 1.82) is 0 Å². The Morgan fingerprint density at radius 2 is 1.96 bits per heavy atom. The number of hydrogen-bond acceptors (Lipinski definition) is 3. The fourth-order valence-electron chi connectivity index (χ4n) is 4.10. The zero-order chi connectivity index (χ0) is 17.6. The van der Waals surface area contributed by atoms with Crippen molar-refractivity contribution in [3.8, 4) is 0 Å². The van der Waals surface area contributed by atoms with Crippen LogP contribution < -0.4 is 5.32 Å². The molecule has 0 aliphatic carbocycles. The molecule has 0 spiro atoms. The molecule has 5 heteroatoms. The van der Waals surface area contributed by atoms with E-state index in [0.29, 0.717) is 18.5 Å². The van der Waals surface area contributed by atoms with Gasteiger partial charge in [0.2, 0.25) is 5.91 Å². The number of carbonyl (C=O) groups is 1. The molecule has 0 aromatic heterocycles. The molecule has 1 aromatic rings. The zero-order valence-corrected chi connectivity index (χ0v) is 15.2. The van der Waals surface area contributed by atoms with Crippen molar-refractivity contribution in [3.63, 3.8) is 0 Å². The van der Waals surface area contributed by atoms with Crippen LogP contribution in [0.1, 0.15) is 31.2 Å². The molecule has 138 valence electrons. The number of amides is 1. The second-order valence-electron chi connectivity index (χ2n) is 7.57. The van der Waals surface area contributed by atoms with Gasteiger partial charge in [0.1, 0.15) is 5.82 Å². The summed E-state index contributed by atoms with van der Waals surface area (Å²) < 4.78 is 13.0. The smallest absolute Gasteiger partial charge is 0.236 e. The summed E-state index contributed by atoms with van der Waals surface area (Å²) >= 11 is 0. The van der Waals surface area contributed by atoms with Gasteiger partial charge in [0.15, 0.2) is 0 Å². The zero-order valence-electron chi connectivity index (χ0n) is 15.2. The summed E-state index contributed by atoms with van der Waals surface area (Å²) in [6.07, 6.45) is 5.38. The van der Waals surface area contributed by atoms with Crippen molar-refractivity contribution in [2.24, 2.45) is 5.92 Å². The lowest BCUT2D eigenvalue weighted by Crippen LogP contribution is -2.48. The van der Waals surface area contributed by atoms with E-state index in [-0.39, 0.29) is 11.7 Å². The molecule has 0 bridgehead atoms. The van der Waals surface area contributed by atoms with Crippen molar-refractivity contribution in [2.45, 2.75) is 38.1 Å². The molecule has 1 atom stereocenters. The number of likely N-dealkylation sites (N-methyl/N-ethyl adjacent to an activating group) is 1. The molecule has 1 aromatic carbocycles. The molecule has 3 rings (SSSR count). The van der Waals surface area contributed by atoms with Crippen LogP contribution in [-0.2, 0) is 11.2 Å². The summed E-state index contributed by atoms with van der Waals surface area (Å²) in [5.74, 6) is 0.544. The van der Waals surface area contributed by atoms with Crippen LogP contribution in [0, 0.1) is 11.7 Å². The van der Waals surface area contributed by atoms with E-state index >= 15 is 0 Å². The quantitative estimate of drug-likeness (QED) is 0.888.